The monoisotopic (exact) mass is 209 g/mol. The summed E-state index contributed by atoms with van der Waals surface area (Å²) < 4.78 is 21.3. The molecule has 0 fully saturated rings. The molecule has 0 aliphatic rings. The minimum Gasteiger partial charge on any atom is -0.409 e. The molecule has 78 valence electrons. The fourth-order valence-corrected chi connectivity index (χ4v) is 1.38. The van der Waals surface area contributed by atoms with Crippen molar-refractivity contribution in [1.82, 2.24) is 5.32 Å². The number of nitrogens with one attached hydrogen (secondary N) is 1. The van der Waals surface area contributed by atoms with E-state index in [2.05, 4.69) is 10.5 Å². The SMILES string of the molecule is CS(=O)(=O)CCCNCC(N)=NO. The molecule has 4 N–H and O–H groups in total. The average molecular weight is 209 g/mol. The summed E-state index contributed by atoms with van der Waals surface area (Å²) in [6.07, 6.45) is 1.72. The summed E-state index contributed by atoms with van der Waals surface area (Å²) in [6.45, 7) is 0.795. The summed E-state index contributed by atoms with van der Waals surface area (Å²) in [5, 5.41) is 13.7. The molecular formula is C6H15N3O3S. The van der Waals surface area contributed by atoms with E-state index < -0.39 is 9.84 Å². The van der Waals surface area contributed by atoms with Gasteiger partial charge in [-0.15, -0.1) is 0 Å². The minimum atomic E-state index is -2.88. The maximum atomic E-state index is 10.7. The second-order valence-corrected chi connectivity index (χ2v) is 5.01. The van der Waals surface area contributed by atoms with E-state index in [9.17, 15) is 8.42 Å². The molecule has 0 aliphatic heterocycles. The summed E-state index contributed by atoms with van der Waals surface area (Å²) in [6, 6.07) is 0. The molecule has 0 heterocycles. The first-order chi connectivity index (χ1) is 5.95. The van der Waals surface area contributed by atoms with Crippen LogP contribution in [0.1, 0.15) is 6.42 Å². The number of nitrogens with zero attached hydrogens (tertiary/aromatic N) is 1. The predicted octanol–water partition coefficient (Wildman–Crippen LogP) is -1.24. The number of amidine groups is 1. The molecular weight excluding hydrogens is 194 g/mol. The Labute approximate surface area is 77.7 Å². The van der Waals surface area contributed by atoms with E-state index in [0.29, 0.717) is 13.0 Å². The van der Waals surface area contributed by atoms with Crippen molar-refractivity contribution < 1.29 is 13.6 Å². The Morgan fingerprint density at radius 2 is 2.23 bits per heavy atom. The van der Waals surface area contributed by atoms with Crippen LogP contribution in [0.5, 0.6) is 0 Å². The number of nitrogens with two attached hydrogens (primary N) is 1. The summed E-state index contributed by atoms with van der Waals surface area (Å²) in [7, 11) is -2.88. The van der Waals surface area contributed by atoms with Crippen LogP contribution in [0, 0.1) is 0 Å². The fraction of sp³-hybridized carbons (Fsp3) is 0.833. The van der Waals surface area contributed by atoms with Gasteiger partial charge in [0.05, 0.1) is 12.3 Å². The molecule has 0 radical (unpaired) electrons. The molecule has 0 bridgehead atoms. The van der Waals surface area contributed by atoms with Crippen molar-refractivity contribution in [3.05, 3.63) is 0 Å². The molecule has 0 amide bonds. The van der Waals surface area contributed by atoms with E-state index in [0.717, 1.165) is 0 Å². The van der Waals surface area contributed by atoms with Crippen molar-refractivity contribution >= 4 is 15.7 Å². The van der Waals surface area contributed by atoms with Crippen LogP contribution < -0.4 is 11.1 Å². The van der Waals surface area contributed by atoms with Gasteiger partial charge in [0.2, 0.25) is 0 Å². The normalized spacial score (nSPS) is 13.2. The lowest BCUT2D eigenvalue weighted by Gasteiger charge is -2.01. The quantitative estimate of drug-likeness (QED) is 0.167. The molecule has 6 nitrogen and oxygen atoms in total. The zero-order valence-electron chi connectivity index (χ0n) is 7.52. The van der Waals surface area contributed by atoms with Gasteiger partial charge in [0, 0.05) is 6.26 Å². The van der Waals surface area contributed by atoms with E-state index in [1.165, 1.54) is 6.26 Å². The number of hydrogen-bond acceptors (Lipinski definition) is 5. The highest BCUT2D eigenvalue weighted by Crippen LogP contribution is 1.86. The second kappa shape index (κ2) is 5.76. The third kappa shape index (κ3) is 9.09. The van der Waals surface area contributed by atoms with Crippen molar-refractivity contribution in [3.63, 3.8) is 0 Å². The van der Waals surface area contributed by atoms with E-state index >= 15 is 0 Å². The molecule has 0 rings (SSSR count). The van der Waals surface area contributed by atoms with Crippen LogP contribution in [-0.4, -0.2) is 44.6 Å². The van der Waals surface area contributed by atoms with Crippen molar-refractivity contribution in [2.24, 2.45) is 10.9 Å². The van der Waals surface area contributed by atoms with Gasteiger partial charge < -0.3 is 16.3 Å². The molecule has 0 unspecified atom stereocenters. The third-order valence-electron chi connectivity index (χ3n) is 1.30. The lowest BCUT2D eigenvalue weighted by atomic mass is 10.4. The second-order valence-electron chi connectivity index (χ2n) is 2.75. The molecule has 7 heteroatoms. The van der Waals surface area contributed by atoms with Gasteiger partial charge in [-0.1, -0.05) is 5.16 Å². The first-order valence-corrected chi connectivity index (χ1v) is 5.86. The topological polar surface area (TPSA) is 105 Å². The summed E-state index contributed by atoms with van der Waals surface area (Å²) >= 11 is 0. The smallest absolute Gasteiger partial charge is 0.153 e. The molecule has 0 saturated heterocycles. The Morgan fingerprint density at radius 3 is 2.69 bits per heavy atom. The first kappa shape index (κ1) is 12.2. The van der Waals surface area contributed by atoms with Crippen molar-refractivity contribution in [3.8, 4) is 0 Å². The molecule has 0 aliphatic carbocycles. The number of oxime groups is 1. The van der Waals surface area contributed by atoms with Gasteiger partial charge in [-0.3, -0.25) is 0 Å². The number of rotatable bonds is 6. The first-order valence-electron chi connectivity index (χ1n) is 3.80. The Kier molecular flexibility index (Phi) is 5.40. The Balaban J connectivity index is 3.38. The van der Waals surface area contributed by atoms with Crippen molar-refractivity contribution in [2.75, 3.05) is 25.1 Å². The maximum absolute atomic E-state index is 10.7. The fourth-order valence-electron chi connectivity index (χ4n) is 0.711. The Bertz CT molecular complexity index is 260. The van der Waals surface area contributed by atoms with E-state index in [1.54, 1.807) is 0 Å². The molecule has 0 spiro atoms. The van der Waals surface area contributed by atoms with Crippen molar-refractivity contribution in [1.29, 1.82) is 0 Å². The lowest BCUT2D eigenvalue weighted by Crippen LogP contribution is -2.30. The molecule has 0 aromatic heterocycles. The molecule has 13 heavy (non-hydrogen) atoms. The van der Waals surface area contributed by atoms with Crippen LogP contribution in [0.4, 0.5) is 0 Å². The highest BCUT2D eigenvalue weighted by molar-refractivity contribution is 7.90. The zero-order valence-corrected chi connectivity index (χ0v) is 8.34. The standard InChI is InChI=1S/C6H15N3O3S/c1-13(11,12)4-2-3-8-5-6(7)9-10/h8,10H,2-5H2,1H3,(H2,7,9). The van der Waals surface area contributed by atoms with Gasteiger partial charge >= 0.3 is 0 Å². The zero-order chi connectivity index (χ0) is 10.3. The number of hydrogen-bond donors (Lipinski definition) is 3. The average Bonchev–Trinajstić information content (AvgIpc) is 2.01. The van der Waals surface area contributed by atoms with Crippen LogP contribution in [-0.2, 0) is 9.84 Å². The largest absolute Gasteiger partial charge is 0.409 e. The van der Waals surface area contributed by atoms with Crippen LogP contribution in [0.2, 0.25) is 0 Å². The van der Waals surface area contributed by atoms with Gasteiger partial charge in [0.1, 0.15) is 9.84 Å². The van der Waals surface area contributed by atoms with E-state index in [1.807, 2.05) is 0 Å². The highest BCUT2D eigenvalue weighted by Gasteiger charge is 2.00. The van der Waals surface area contributed by atoms with Gasteiger partial charge in [-0.2, -0.15) is 0 Å². The molecule has 0 aromatic carbocycles. The maximum Gasteiger partial charge on any atom is 0.153 e. The predicted molar refractivity (Wildman–Crippen MR) is 50.6 cm³/mol. The van der Waals surface area contributed by atoms with Crippen LogP contribution in [0.3, 0.4) is 0 Å². The van der Waals surface area contributed by atoms with Gasteiger partial charge in [-0.05, 0) is 13.0 Å². The highest BCUT2D eigenvalue weighted by atomic mass is 32.2. The van der Waals surface area contributed by atoms with Crippen LogP contribution in [0.25, 0.3) is 0 Å². The summed E-state index contributed by atoms with van der Waals surface area (Å²) in [5.41, 5.74) is 5.16. The molecule has 0 aromatic rings. The van der Waals surface area contributed by atoms with Crippen LogP contribution >= 0.6 is 0 Å². The molecule has 0 saturated carbocycles. The van der Waals surface area contributed by atoms with E-state index in [4.69, 9.17) is 10.9 Å². The van der Waals surface area contributed by atoms with Crippen LogP contribution in [0.15, 0.2) is 5.16 Å². The minimum absolute atomic E-state index is 0.0827. The van der Waals surface area contributed by atoms with Gasteiger partial charge in [0.15, 0.2) is 5.84 Å². The van der Waals surface area contributed by atoms with Crippen molar-refractivity contribution in [2.45, 2.75) is 6.42 Å². The number of sulfone groups is 1. The third-order valence-corrected chi connectivity index (χ3v) is 2.33. The van der Waals surface area contributed by atoms with Gasteiger partial charge in [0.25, 0.3) is 0 Å². The lowest BCUT2D eigenvalue weighted by molar-refractivity contribution is 0.317. The Morgan fingerprint density at radius 1 is 1.62 bits per heavy atom. The Hall–Kier alpha value is -0.820. The molecule has 0 atom stereocenters. The summed E-state index contributed by atoms with van der Waals surface area (Å²) in [5.74, 6) is 0.232. The van der Waals surface area contributed by atoms with Gasteiger partial charge in [-0.25, -0.2) is 8.42 Å². The van der Waals surface area contributed by atoms with E-state index in [-0.39, 0.29) is 18.1 Å². The summed E-state index contributed by atoms with van der Waals surface area (Å²) in [4.78, 5) is 0.